The Labute approximate surface area is 120 Å². The second-order valence-electron chi connectivity index (χ2n) is 5.93. The Morgan fingerprint density at radius 2 is 1.95 bits per heavy atom. The van der Waals surface area contributed by atoms with E-state index in [1.54, 1.807) is 6.20 Å². The highest BCUT2D eigenvalue weighted by Crippen LogP contribution is 2.26. The maximum absolute atomic E-state index is 4.73. The predicted molar refractivity (Wildman–Crippen MR) is 82.9 cm³/mol. The van der Waals surface area contributed by atoms with Crippen molar-refractivity contribution in [3.63, 3.8) is 0 Å². The fourth-order valence-corrected chi connectivity index (χ4v) is 1.92. The Bertz CT molecular complexity index is 600. The second-order valence-corrected chi connectivity index (χ2v) is 5.93. The number of aromatic nitrogens is 3. The second kappa shape index (κ2) is 5.57. The van der Waals surface area contributed by atoms with E-state index >= 15 is 0 Å². The summed E-state index contributed by atoms with van der Waals surface area (Å²) in [5.41, 5.74) is 3.13. The van der Waals surface area contributed by atoms with Gasteiger partial charge in [-0.05, 0) is 25.5 Å². The van der Waals surface area contributed by atoms with E-state index in [2.05, 4.69) is 49.9 Å². The van der Waals surface area contributed by atoms with E-state index in [4.69, 9.17) is 4.98 Å². The summed E-state index contributed by atoms with van der Waals surface area (Å²) in [6, 6.07) is 4.01. The first kappa shape index (κ1) is 14.4. The van der Waals surface area contributed by atoms with Gasteiger partial charge >= 0.3 is 0 Å². The maximum atomic E-state index is 4.73. The van der Waals surface area contributed by atoms with Crippen LogP contribution < -0.4 is 5.32 Å². The van der Waals surface area contributed by atoms with E-state index in [-0.39, 0.29) is 5.41 Å². The molecule has 0 aliphatic carbocycles. The number of hydrogen-bond donors (Lipinski definition) is 1. The molecular weight excluding hydrogens is 248 g/mol. The van der Waals surface area contributed by atoms with Crippen LogP contribution in [-0.4, -0.2) is 21.5 Å². The van der Waals surface area contributed by atoms with Gasteiger partial charge in [-0.1, -0.05) is 20.8 Å². The van der Waals surface area contributed by atoms with Gasteiger partial charge in [-0.3, -0.25) is 4.98 Å². The Morgan fingerprint density at radius 3 is 2.55 bits per heavy atom. The van der Waals surface area contributed by atoms with Crippen LogP contribution in [0.2, 0.25) is 0 Å². The van der Waals surface area contributed by atoms with Crippen LogP contribution in [0.1, 0.15) is 39.0 Å². The smallest absolute Gasteiger partial charge is 0.163 e. The van der Waals surface area contributed by atoms with Gasteiger partial charge < -0.3 is 5.32 Å². The molecule has 20 heavy (non-hydrogen) atoms. The largest absolute Gasteiger partial charge is 0.370 e. The zero-order chi connectivity index (χ0) is 14.8. The summed E-state index contributed by atoms with van der Waals surface area (Å²) < 4.78 is 0. The summed E-state index contributed by atoms with van der Waals surface area (Å²) in [6.07, 6.45) is 3.62. The summed E-state index contributed by atoms with van der Waals surface area (Å²) in [7, 11) is 0. The molecule has 106 valence electrons. The van der Waals surface area contributed by atoms with E-state index in [0.717, 1.165) is 35.0 Å². The summed E-state index contributed by atoms with van der Waals surface area (Å²) >= 11 is 0. The van der Waals surface area contributed by atoms with Crippen LogP contribution in [0.4, 0.5) is 5.82 Å². The van der Waals surface area contributed by atoms with Gasteiger partial charge in [0.15, 0.2) is 5.82 Å². The highest BCUT2D eigenvalue weighted by Gasteiger charge is 2.19. The van der Waals surface area contributed by atoms with Crippen LogP contribution in [0.5, 0.6) is 0 Å². The molecule has 0 amide bonds. The van der Waals surface area contributed by atoms with Gasteiger partial charge in [-0.2, -0.15) is 0 Å². The van der Waals surface area contributed by atoms with Gasteiger partial charge in [0.05, 0.1) is 5.69 Å². The van der Waals surface area contributed by atoms with Crippen LogP contribution in [0, 0.1) is 6.92 Å². The lowest BCUT2D eigenvalue weighted by Crippen LogP contribution is -2.16. The highest BCUT2D eigenvalue weighted by atomic mass is 15.0. The van der Waals surface area contributed by atoms with Gasteiger partial charge in [0.25, 0.3) is 0 Å². The average molecular weight is 270 g/mol. The summed E-state index contributed by atoms with van der Waals surface area (Å²) in [4.78, 5) is 13.5. The molecule has 0 aliphatic rings. The number of rotatable bonds is 3. The van der Waals surface area contributed by atoms with Crippen molar-refractivity contribution in [2.45, 2.75) is 40.0 Å². The maximum Gasteiger partial charge on any atom is 0.163 e. The van der Waals surface area contributed by atoms with Crippen LogP contribution in [0.15, 0.2) is 24.5 Å². The monoisotopic (exact) mass is 270 g/mol. The van der Waals surface area contributed by atoms with E-state index < -0.39 is 0 Å². The molecule has 4 heteroatoms. The minimum atomic E-state index is -0.0159. The zero-order valence-corrected chi connectivity index (χ0v) is 12.9. The van der Waals surface area contributed by atoms with Gasteiger partial charge in [-0.25, -0.2) is 9.97 Å². The normalized spacial score (nSPS) is 11.4. The third kappa shape index (κ3) is 3.13. The van der Waals surface area contributed by atoms with Gasteiger partial charge in [-0.15, -0.1) is 0 Å². The predicted octanol–water partition coefficient (Wildman–Crippen LogP) is 3.58. The third-order valence-electron chi connectivity index (χ3n) is 3.13. The molecule has 0 bridgehead atoms. The fourth-order valence-electron chi connectivity index (χ4n) is 1.92. The Hall–Kier alpha value is -1.97. The lowest BCUT2D eigenvalue weighted by molar-refractivity contribution is 0.568. The van der Waals surface area contributed by atoms with Crippen molar-refractivity contribution >= 4 is 5.82 Å². The van der Waals surface area contributed by atoms with E-state index in [1.807, 2.05) is 18.3 Å². The zero-order valence-electron chi connectivity index (χ0n) is 12.9. The average Bonchev–Trinajstić information content (AvgIpc) is 2.38. The summed E-state index contributed by atoms with van der Waals surface area (Å²) in [6.45, 7) is 11.4. The standard InChI is InChI=1S/C16H22N4/c1-6-18-14-9-13(16(3,4)5)19-15(20-14)12-10-17-8-7-11(12)2/h7-10H,6H2,1-5H3,(H,18,19,20). The van der Waals surface area contributed by atoms with Gasteiger partial charge in [0.2, 0.25) is 0 Å². The summed E-state index contributed by atoms with van der Waals surface area (Å²) in [5, 5.41) is 3.28. The molecule has 2 heterocycles. The summed E-state index contributed by atoms with van der Waals surface area (Å²) in [5.74, 6) is 1.60. The molecule has 0 aromatic carbocycles. The molecule has 1 N–H and O–H groups in total. The Morgan fingerprint density at radius 1 is 1.20 bits per heavy atom. The molecule has 0 saturated carbocycles. The molecule has 0 radical (unpaired) electrons. The SMILES string of the molecule is CCNc1cc(C(C)(C)C)nc(-c2cnccc2C)n1. The van der Waals surface area contributed by atoms with E-state index in [0.29, 0.717) is 0 Å². The first-order chi connectivity index (χ1) is 9.41. The quantitative estimate of drug-likeness (QED) is 0.926. The molecule has 0 aliphatic heterocycles. The van der Waals surface area contributed by atoms with Crippen molar-refractivity contribution in [3.05, 3.63) is 35.8 Å². The molecule has 0 saturated heterocycles. The van der Waals surface area contributed by atoms with Crippen LogP contribution in [0.25, 0.3) is 11.4 Å². The van der Waals surface area contributed by atoms with Crippen molar-refractivity contribution in [1.82, 2.24) is 15.0 Å². The van der Waals surface area contributed by atoms with Gasteiger partial charge in [0.1, 0.15) is 5.82 Å². The lowest BCUT2D eigenvalue weighted by Gasteiger charge is -2.20. The number of anilines is 1. The molecule has 4 nitrogen and oxygen atoms in total. The highest BCUT2D eigenvalue weighted by molar-refractivity contribution is 5.60. The van der Waals surface area contributed by atoms with Crippen LogP contribution >= 0.6 is 0 Å². The fraction of sp³-hybridized carbons (Fsp3) is 0.438. The lowest BCUT2D eigenvalue weighted by atomic mass is 9.91. The molecule has 2 aromatic heterocycles. The third-order valence-corrected chi connectivity index (χ3v) is 3.13. The van der Waals surface area contributed by atoms with Crippen LogP contribution in [0.3, 0.4) is 0 Å². The molecule has 2 rings (SSSR count). The molecular formula is C16H22N4. The first-order valence-electron chi connectivity index (χ1n) is 6.96. The van der Waals surface area contributed by atoms with Crippen molar-refractivity contribution in [3.8, 4) is 11.4 Å². The van der Waals surface area contributed by atoms with Crippen molar-refractivity contribution in [1.29, 1.82) is 0 Å². The van der Waals surface area contributed by atoms with Crippen molar-refractivity contribution < 1.29 is 0 Å². The Balaban J connectivity index is 2.58. The first-order valence-corrected chi connectivity index (χ1v) is 6.96. The molecule has 0 atom stereocenters. The van der Waals surface area contributed by atoms with Crippen LogP contribution in [-0.2, 0) is 5.41 Å². The van der Waals surface area contributed by atoms with E-state index in [1.165, 1.54) is 0 Å². The minimum Gasteiger partial charge on any atom is -0.370 e. The van der Waals surface area contributed by atoms with E-state index in [9.17, 15) is 0 Å². The van der Waals surface area contributed by atoms with Crippen molar-refractivity contribution in [2.24, 2.45) is 0 Å². The topological polar surface area (TPSA) is 50.7 Å². The number of nitrogens with zero attached hydrogens (tertiary/aromatic N) is 3. The Kier molecular flexibility index (Phi) is 4.02. The minimum absolute atomic E-state index is 0.0159. The van der Waals surface area contributed by atoms with Crippen molar-refractivity contribution in [2.75, 3.05) is 11.9 Å². The number of hydrogen-bond acceptors (Lipinski definition) is 4. The molecule has 0 fully saturated rings. The molecule has 0 spiro atoms. The van der Waals surface area contributed by atoms with Gasteiger partial charge in [0, 0.05) is 36.0 Å². The number of aryl methyl sites for hydroxylation is 1. The number of pyridine rings is 1. The number of nitrogens with one attached hydrogen (secondary N) is 1. The molecule has 0 unspecified atom stereocenters. The molecule has 2 aromatic rings.